The first-order valence-corrected chi connectivity index (χ1v) is 4.05. The third-order valence-corrected chi connectivity index (χ3v) is 2.17. The third kappa shape index (κ3) is 1.70. The molecule has 1 saturated heterocycles. The lowest BCUT2D eigenvalue weighted by atomic mass is 10.3. The second-order valence-corrected chi connectivity index (χ2v) is 3.23. The summed E-state index contributed by atoms with van der Waals surface area (Å²) in [4.78, 5) is 2.28. The largest absolute Gasteiger partial charge is 0.363 e. The maximum Gasteiger partial charge on any atom is 0.110 e. The van der Waals surface area contributed by atoms with E-state index in [1.807, 2.05) is 0 Å². The summed E-state index contributed by atoms with van der Waals surface area (Å²) in [6, 6.07) is 0.600. The third-order valence-electron chi connectivity index (χ3n) is 2.17. The Hall–Kier alpha value is -0.0800. The van der Waals surface area contributed by atoms with Gasteiger partial charge in [-0.1, -0.05) is 0 Å². The van der Waals surface area contributed by atoms with Crippen molar-refractivity contribution >= 4 is 0 Å². The van der Waals surface area contributed by atoms with Crippen LogP contribution in [0.2, 0.25) is 0 Å². The zero-order chi connectivity index (χ0) is 7.56. The van der Waals surface area contributed by atoms with Crippen molar-refractivity contribution in [1.82, 2.24) is 4.90 Å². The minimum Gasteiger partial charge on any atom is -0.363 e. The van der Waals surface area contributed by atoms with Gasteiger partial charge in [0.1, 0.15) is 6.23 Å². The molecule has 1 heterocycles. The Morgan fingerprint density at radius 3 is 2.60 bits per heavy atom. The van der Waals surface area contributed by atoms with Crippen LogP contribution in [0.25, 0.3) is 0 Å². The Balaban J connectivity index is 2.32. The van der Waals surface area contributed by atoms with Gasteiger partial charge in [-0.2, -0.15) is 0 Å². The smallest absolute Gasteiger partial charge is 0.110 e. The van der Waals surface area contributed by atoms with E-state index in [1.165, 1.54) is 12.8 Å². The van der Waals surface area contributed by atoms with Crippen LogP contribution in [0.5, 0.6) is 0 Å². The van der Waals surface area contributed by atoms with E-state index in [0.29, 0.717) is 12.3 Å². The topological polar surface area (TPSA) is 12.5 Å². The first-order valence-electron chi connectivity index (χ1n) is 4.05. The van der Waals surface area contributed by atoms with Crippen LogP contribution in [-0.2, 0) is 4.74 Å². The minimum atomic E-state index is 0.389. The van der Waals surface area contributed by atoms with E-state index in [1.54, 1.807) is 0 Å². The molecule has 0 aromatic carbocycles. The first-order chi connectivity index (χ1) is 4.72. The fourth-order valence-electron chi connectivity index (χ4n) is 1.21. The molecule has 2 heteroatoms. The second-order valence-electron chi connectivity index (χ2n) is 3.23. The second kappa shape index (κ2) is 3.35. The fraction of sp³-hybridized carbons (Fsp3) is 1.00. The summed E-state index contributed by atoms with van der Waals surface area (Å²) in [5.74, 6) is 0. The molecule has 0 amide bonds. The summed E-state index contributed by atoms with van der Waals surface area (Å²) in [6.45, 7) is 5.34. The van der Waals surface area contributed by atoms with Crippen molar-refractivity contribution in [2.45, 2.75) is 39.0 Å². The summed E-state index contributed by atoms with van der Waals surface area (Å²) in [5, 5.41) is 0. The van der Waals surface area contributed by atoms with E-state index in [2.05, 4.69) is 25.8 Å². The van der Waals surface area contributed by atoms with Crippen molar-refractivity contribution < 1.29 is 4.74 Å². The van der Waals surface area contributed by atoms with Crippen molar-refractivity contribution in [3.8, 4) is 0 Å². The lowest BCUT2D eigenvalue weighted by Gasteiger charge is -2.26. The molecule has 0 radical (unpaired) electrons. The zero-order valence-electron chi connectivity index (χ0n) is 7.13. The molecular weight excluding hydrogens is 126 g/mol. The summed E-state index contributed by atoms with van der Waals surface area (Å²) >= 11 is 0. The van der Waals surface area contributed by atoms with Crippen LogP contribution in [0.1, 0.15) is 26.7 Å². The number of hydrogen-bond donors (Lipinski definition) is 0. The number of rotatable bonds is 2. The maximum atomic E-state index is 5.50. The van der Waals surface area contributed by atoms with Crippen LogP contribution in [-0.4, -0.2) is 30.8 Å². The van der Waals surface area contributed by atoms with E-state index in [9.17, 15) is 0 Å². The highest BCUT2D eigenvalue weighted by atomic mass is 16.5. The number of nitrogens with zero attached hydrogens (tertiary/aromatic N) is 1. The summed E-state index contributed by atoms with van der Waals surface area (Å²) < 4.78 is 5.50. The Morgan fingerprint density at radius 1 is 1.50 bits per heavy atom. The monoisotopic (exact) mass is 143 g/mol. The van der Waals surface area contributed by atoms with Gasteiger partial charge in [0.15, 0.2) is 0 Å². The SMILES string of the molecule is CC(C)N(C)C1CCCO1. The highest BCUT2D eigenvalue weighted by molar-refractivity contribution is 4.67. The van der Waals surface area contributed by atoms with Gasteiger partial charge in [0.2, 0.25) is 0 Å². The van der Waals surface area contributed by atoms with Crippen LogP contribution < -0.4 is 0 Å². The van der Waals surface area contributed by atoms with Gasteiger partial charge < -0.3 is 4.74 Å². The van der Waals surface area contributed by atoms with Crippen molar-refractivity contribution in [3.63, 3.8) is 0 Å². The minimum absolute atomic E-state index is 0.389. The molecule has 0 N–H and O–H groups in total. The molecule has 0 saturated carbocycles. The summed E-state index contributed by atoms with van der Waals surface area (Å²) in [6.07, 6.45) is 2.82. The highest BCUT2D eigenvalue weighted by Gasteiger charge is 2.21. The van der Waals surface area contributed by atoms with E-state index in [4.69, 9.17) is 4.74 Å². The molecule has 10 heavy (non-hydrogen) atoms. The Kier molecular flexibility index (Phi) is 2.69. The quantitative estimate of drug-likeness (QED) is 0.580. The van der Waals surface area contributed by atoms with E-state index in [-0.39, 0.29) is 0 Å². The molecule has 0 aliphatic carbocycles. The lowest BCUT2D eigenvalue weighted by Crippen LogP contribution is -2.36. The molecule has 0 aromatic heterocycles. The Labute approximate surface area is 63.2 Å². The molecule has 0 spiro atoms. The predicted octanol–water partition coefficient (Wildman–Crippen LogP) is 1.46. The van der Waals surface area contributed by atoms with Gasteiger partial charge in [0, 0.05) is 12.6 Å². The van der Waals surface area contributed by atoms with Crippen molar-refractivity contribution in [3.05, 3.63) is 0 Å². The molecule has 1 unspecified atom stereocenters. The first kappa shape index (κ1) is 8.02. The van der Waals surface area contributed by atoms with Gasteiger partial charge in [0.05, 0.1) is 0 Å². The highest BCUT2D eigenvalue weighted by Crippen LogP contribution is 2.16. The molecule has 1 fully saturated rings. The molecule has 1 aliphatic heterocycles. The fourth-order valence-corrected chi connectivity index (χ4v) is 1.21. The zero-order valence-corrected chi connectivity index (χ0v) is 7.13. The molecule has 0 aromatic rings. The van der Waals surface area contributed by atoms with Crippen molar-refractivity contribution in [2.75, 3.05) is 13.7 Å². The molecule has 1 rings (SSSR count). The van der Waals surface area contributed by atoms with Gasteiger partial charge in [-0.05, 0) is 33.7 Å². The van der Waals surface area contributed by atoms with Crippen LogP contribution in [0.3, 0.4) is 0 Å². The summed E-state index contributed by atoms with van der Waals surface area (Å²) in [7, 11) is 2.13. The van der Waals surface area contributed by atoms with Gasteiger partial charge in [0.25, 0.3) is 0 Å². The van der Waals surface area contributed by atoms with Crippen LogP contribution in [0.4, 0.5) is 0 Å². The Morgan fingerprint density at radius 2 is 2.20 bits per heavy atom. The maximum absolute atomic E-state index is 5.50. The molecule has 0 bridgehead atoms. The summed E-state index contributed by atoms with van der Waals surface area (Å²) in [5.41, 5.74) is 0. The van der Waals surface area contributed by atoms with Crippen LogP contribution in [0.15, 0.2) is 0 Å². The van der Waals surface area contributed by atoms with Crippen molar-refractivity contribution in [1.29, 1.82) is 0 Å². The standard InChI is InChI=1S/C8H17NO/c1-7(2)9(3)8-5-4-6-10-8/h7-8H,4-6H2,1-3H3. The molecule has 1 atom stereocenters. The molecule has 1 aliphatic rings. The molecular formula is C8H17NO. The number of ether oxygens (including phenoxy) is 1. The van der Waals surface area contributed by atoms with Gasteiger partial charge in [-0.25, -0.2) is 0 Å². The van der Waals surface area contributed by atoms with Crippen molar-refractivity contribution in [2.24, 2.45) is 0 Å². The predicted molar refractivity (Wildman–Crippen MR) is 41.9 cm³/mol. The average Bonchev–Trinajstić information content (AvgIpc) is 2.36. The van der Waals surface area contributed by atoms with Gasteiger partial charge >= 0.3 is 0 Å². The Bertz CT molecular complexity index is 97.4. The normalized spacial score (nSPS) is 26.7. The van der Waals surface area contributed by atoms with E-state index >= 15 is 0 Å². The van der Waals surface area contributed by atoms with Crippen LogP contribution >= 0.6 is 0 Å². The average molecular weight is 143 g/mol. The van der Waals surface area contributed by atoms with E-state index < -0.39 is 0 Å². The lowest BCUT2D eigenvalue weighted by molar-refractivity contribution is -0.0202. The van der Waals surface area contributed by atoms with E-state index in [0.717, 1.165) is 6.61 Å². The molecule has 2 nitrogen and oxygen atoms in total. The number of hydrogen-bond acceptors (Lipinski definition) is 2. The molecule has 60 valence electrons. The van der Waals surface area contributed by atoms with Gasteiger partial charge in [-0.15, -0.1) is 0 Å². The van der Waals surface area contributed by atoms with Gasteiger partial charge in [-0.3, -0.25) is 4.90 Å². The van der Waals surface area contributed by atoms with Crippen LogP contribution in [0, 0.1) is 0 Å².